The molecule has 4 rings (SSSR count). The number of hydrogen-bond donors (Lipinski definition) is 0. The predicted molar refractivity (Wildman–Crippen MR) is 124 cm³/mol. The van der Waals surface area contributed by atoms with Crippen molar-refractivity contribution in [2.24, 2.45) is 22.7 Å². The quantitative estimate of drug-likeness (QED) is 0.468. The van der Waals surface area contributed by atoms with E-state index in [4.69, 9.17) is 4.74 Å². The first-order valence-corrected chi connectivity index (χ1v) is 13.2. The molecule has 0 aromatic heterocycles. The average molecular weight is 449 g/mol. The highest BCUT2D eigenvalue weighted by atomic mass is 32.2. The Morgan fingerprint density at radius 3 is 2.68 bits per heavy atom. The number of fused-ring (bicyclic) bond motifs is 5. The number of thioether (sulfide) groups is 1. The normalized spacial score (nSPS) is 46.1. The van der Waals surface area contributed by atoms with Crippen LogP contribution in [-0.2, 0) is 14.3 Å². The number of alkyl halides is 1. The second-order valence-electron chi connectivity index (χ2n) is 10.7. The minimum atomic E-state index is -1.69. The van der Waals surface area contributed by atoms with Crippen molar-refractivity contribution in [2.45, 2.75) is 95.6 Å². The Kier molecular flexibility index (Phi) is 5.76. The van der Waals surface area contributed by atoms with Crippen molar-refractivity contribution in [3.05, 3.63) is 23.8 Å². The zero-order valence-corrected chi connectivity index (χ0v) is 20.4. The van der Waals surface area contributed by atoms with Gasteiger partial charge in [0.2, 0.25) is 0 Å². The smallest absolute Gasteiger partial charge is 0.303 e. The van der Waals surface area contributed by atoms with Crippen LogP contribution in [0.25, 0.3) is 0 Å². The van der Waals surface area contributed by atoms with E-state index >= 15 is 4.39 Å². The Labute approximate surface area is 190 Å². The van der Waals surface area contributed by atoms with Gasteiger partial charge in [-0.2, -0.15) is 11.8 Å². The van der Waals surface area contributed by atoms with Crippen molar-refractivity contribution in [1.29, 1.82) is 0 Å². The third-order valence-electron chi connectivity index (χ3n) is 9.54. The van der Waals surface area contributed by atoms with Gasteiger partial charge in [0.25, 0.3) is 0 Å². The SMILES string of the molecule is CCCC[C@]1(SC)CC[C@H]2[C@@H]3CCC4=CC(=O)C=C[C@]4(C)C3(F)[C@@H](OC(C)=O)C[C@@]21C. The Balaban J connectivity index is 1.83. The number of ketones is 1. The number of unbranched alkanes of at least 4 members (excludes halogenated alkanes) is 1. The van der Waals surface area contributed by atoms with Crippen LogP contribution in [0.4, 0.5) is 4.39 Å². The van der Waals surface area contributed by atoms with E-state index in [1.165, 1.54) is 19.4 Å². The van der Waals surface area contributed by atoms with Crippen molar-refractivity contribution in [2.75, 3.05) is 6.26 Å². The van der Waals surface area contributed by atoms with Crippen molar-refractivity contribution in [3.8, 4) is 0 Å². The molecule has 0 radical (unpaired) electrons. The highest BCUT2D eigenvalue weighted by Crippen LogP contribution is 2.72. The molecule has 0 spiro atoms. The minimum Gasteiger partial charge on any atom is -0.459 e. The maximum absolute atomic E-state index is 17.6. The van der Waals surface area contributed by atoms with E-state index < -0.39 is 23.2 Å². The molecule has 1 unspecified atom stereocenters. The number of allylic oxidation sites excluding steroid dienone is 4. The molecule has 5 heteroatoms. The molecule has 0 aromatic rings. The van der Waals surface area contributed by atoms with Gasteiger partial charge in [-0.15, -0.1) is 0 Å². The van der Waals surface area contributed by atoms with Crippen molar-refractivity contribution in [1.82, 2.24) is 0 Å². The summed E-state index contributed by atoms with van der Waals surface area (Å²) in [6.45, 7) is 7.88. The summed E-state index contributed by atoms with van der Waals surface area (Å²) in [7, 11) is 0. The lowest BCUT2D eigenvalue weighted by molar-refractivity contribution is -0.211. The van der Waals surface area contributed by atoms with Crippen molar-refractivity contribution in [3.63, 3.8) is 0 Å². The highest BCUT2D eigenvalue weighted by molar-refractivity contribution is 8.00. The van der Waals surface area contributed by atoms with E-state index in [0.717, 1.165) is 44.1 Å². The molecule has 31 heavy (non-hydrogen) atoms. The standard InChI is InChI=1S/C26H37FO3S/c1-6-7-12-25(31-5)14-11-20-21-9-8-18-15-19(29)10-13-23(18,3)26(21,27)22(30-17(2)28)16-24(20,25)4/h10,13,15,20-22H,6-9,11-12,14,16H2,1-5H3/t20-,21-,22-,23-,24-,25-,26?/m0/s1. The number of carbonyl (C=O) groups is 2. The molecule has 172 valence electrons. The van der Waals surface area contributed by atoms with Gasteiger partial charge in [0.05, 0.1) is 0 Å². The van der Waals surface area contributed by atoms with Crippen LogP contribution in [0.3, 0.4) is 0 Å². The van der Waals surface area contributed by atoms with E-state index in [9.17, 15) is 9.59 Å². The van der Waals surface area contributed by atoms with E-state index in [0.29, 0.717) is 6.42 Å². The Morgan fingerprint density at radius 1 is 1.29 bits per heavy atom. The van der Waals surface area contributed by atoms with Crippen molar-refractivity contribution < 1.29 is 18.7 Å². The molecule has 3 saturated carbocycles. The first kappa shape index (κ1) is 23.1. The molecule has 4 aliphatic rings. The summed E-state index contributed by atoms with van der Waals surface area (Å²) in [5.41, 5.74) is -1.81. The second-order valence-corrected chi connectivity index (χ2v) is 11.9. The fraction of sp³-hybridized carbons (Fsp3) is 0.769. The van der Waals surface area contributed by atoms with Gasteiger partial charge in [-0.25, -0.2) is 4.39 Å². The molecular weight excluding hydrogens is 411 g/mol. The first-order chi connectivity index (χ1) is 14.6. The van der Waals surface area contributed by atoms with E-state index in [1.807, 2.05) is 18.7 Å². The summed E-state index contributed by atoms with van der Waals surface area (Å²) in [5.74, 6) is -0.398. The van der Waals surface area contributed by atoms with Gasteiger partial charge < -0.3 is 4.74 Å². The van der Waals surface area contributed by atoms with Crippen molar-refractivity contribution >= 4 is 23.5 Å². The summed E-state index contributed by atoms with van der Waals surface area (Å²) in [4.78, 5) is 24.2. The van der Waals surface area contributed by atoms with Crippen LogP contribution in [0, 0.1) is 22.7 Å². The highest BCUT2D eigenvalue weighted by Gasteiger charge is 2.73. The third-order valence-corrected chi connectivity index (χ3v) is 11.2. The summed E-state index contributed by atoms with van der Waals surface area (Å²) < 4.78 is 23.6. The molecular formula is C26H37FO3S. The van der Waals surface area contributed by atoms with Crippen LogP contribution in [0.2, 0.25) is 0 Å². The molecule has 3 fully saturated rings. The largest absolute Gasteiger partial charge is 0.459 e. The van der Waals surface area contributed by atoms with Gasteiger partial charge in [-0.1, -0.05) is 38.3 Å². The van der Waals surface area contributed by atoms with E-state index in [2.05, 4.69) is 20.1 Å². The summed E-state index contributed by atoms with van der Waals surface area (Å²) in [6, 6.07) is 0. The lowest BCUT2D eigenvalue weighted by atomic mass is 9.45. The molecule has 0 N–H and O–H groups in total. The molecule has 0 amide bonds. The zero-order chi connectivity index (χ0) is 22.7. The second kappa shape index (κ2) is 7.74. The van der Waals surface area contributed by atoms with Gasteiger partial charge in [0.15, 0.2) is 11.5 Å². The van der Waals surface area contributed by atoms with E-state index in [1.54, 1.807) is 12.2 Å². The fourth-order valence-electron chi connectivity index (χ4n) is 7.89. The maximum Gasteiger partial charge on any atom is 0.303 e. The lowest BCUT2D eigenvalue weighted by Gasteiger charge is -2.63. The summed E-state index contributed by atoms with van der Waals surface area (Å²) in [5, 5.41) is 0. The molecule has 0 aromatic carbocycles. The maximum atomic E-state index is 17.6. The van der Waals surface area contributed by atoms with Gasteiger partial charge in [-0.3, -0.25) is 9.59 Å². The number of esters is 1. The molecule has 0 aliphatic heterocycles. The molecule has 4 aliphatic carbocycles. The number of hydrogen-bond acceptors (Lipinski definition) is 4. The number of ether oxygens (including phenoxy) is 1. The van der Waals surface area contributed by atoms with Gasteiger partial charge in [0, 0.05) is 23.0 Å². The van der Waals surface area contributed by atoms with Gasteiger partial charge in [0.1, 0.15) is 6.10 Å². The Morgan fingerprint density at radius 2 is 2.03 bits per heavy atom. The average Bonchev–Trinajstić information content (AvgIpc) is 3.00. The van der Waals surface area contributed by atoms with Crippen LogP contribution in [0.5, 0.6) is 0 Å². The summed E-state index contributed by atoms with van der Waals surface area (Å²) >= 11 is 1.95. The lowest BCUT2D eigenvalue weighted by Crippen LogP contribution is -2.68. The minimum absolute atomic E-state index is 0.0685. The molecule has 0 heterocycles. The van der Waals surface area contributed by atoms with Crippen LogP contribution >= 0.6 is 11.8 Å². The van der Waals surface area contributed by atoms with E-state index in [-0.39, 0.29) is 27.8 Å². The third kappa shape index (κ3) is 3.04. The first-order valence-electron chi connectivity index (χ1n) is 11.9. The van der Waals surface area contributed by atoms with Crippen LogP contribution in [0.15, 0.2) is 23.8 Å². The van der Waals surface area contributed by atoms with Crippen LogP contribution in [-0.4, -0.2) is 34.5 Å². The Hall–Kier alpha value is -1.10. The summed E-state index contributed by atoms with van der Waals surface area (Å²) in [6.07, 6.45) is 13.9. The predicted octanol–water partition coefficient (Wildman–Crippen LogP) is 6.22. The van der Waals surface area contributed by atoms with Gasteiger partial charge in [-0.05, 0) is 75.2 Å². The molecule has 3 nitrogen and oxygen atoms in total. The zero-order valence-electron chi connectivity index (χ0n) is 19.6. The van der Waals surface area contributed by atoms with Gasteiger partial charge >= 0.3 is 5.97 Å². The molecule has 7 atom stereocenters. The number of rotatable bonds is 5. The molecule has 0 bridgehead atoms. The monoisotopic (exact) mass is 448 g/mol. The number of halogens is 1. The molecule has 0 saturated heterocycles. The topological polar surface area (TPSA) is 43.4 Å². The number of carbonyl (C=O) groups excluding carboxylic acids is 2. The van der Waals surface area contributed by atoms with Crippen LogP contribution in [0.1, 0.15) is 79.1 Å². The van der Waals surface area contributed by atoms with Crippen LogP contribution < -0.4 is 0 Å². The Bertz CT molecular complexity index is 837. The fourth-order valence-corrected chi connectivity index (χ4v) is 9.26.